The summed E-state index contributed by atoms with van der Waals surface area (Å²) in [5, 5.41) is 14.8. The maximum Gasteiger partial charge on any atom is 0.338 e. The average Bonchev–Trinajstić information content (AvgIpc) is 3.24. The predicted octanol–water partition coefficient (Wildman–Crippen LogP) is 2.41. The first-order valence-electron chi connectivity index (χ1n) is 12.8. The maximum absolute atomic E-state index is 12.8. The second-order valence-corrected chi connectivity index (χ2v) is 9.01. The van der Waals surface area contributed by atoms with Gasteiger partial charge in [-0.25, -0.2) is 15.0 Å². The number of nitrogens with one attached hydrogen (secondary N) is 3. The van der Waals surface area contributed by atoms with Gasteiger partial charge in [-0.15, -0.1) is 0 Å². The number of benzene rings is 2. The molecule has 2 atom stereocenters. The number of hydrogen-bond acceptors (Lipinski definition) is 9. The van der Waals surface area contributed by atoms with E-state index in [0.29, 0.717) is 22.7 Å². The minimum atomic E-state index is -0.786. The average molecular weight is 563 g/mol. The Balaban J connectivity index is 1.38. The Morgan fingerprint density at radius 1 is 1.12 bits per heavy atom. The molecule has 2 heterocycles. The molecule has 13 heteroatoms. The molecule has 0 saturated carbocycles. The van der Waals surface area contributed by atoms with Crippen LogP contribution in [0.1, 0.15) is 32.4 Å². The molecule has 0 aliphatic carbocycles. The van der Waals surface area contributed by atoms with Crippen molar-refractivity contribution >= 4 is 41.4 Å². The number of rotatable bonds is 10. The molecule has 2 aliphatic rings. The van der Waals surface area contributed by atoms with Crippen LogP contribution in [0.25, 0.3) is 0 Å². The molecule has 0 unspecified atom stereocenters. The van der Waals surface area contributed by atoms with Gasteiger partial charge in [0.05, 0.1) is 36.7 Å². The molecule has 0 saturated heterocycles. The minimum absolute atomic E-state index is 0.175. The second kappa shape index (κ2) is 12.8. The smallest absolute Gasteiger partial charge is 0.338 e. The number of nitrogens with zero attached hydrogens (tertiary/aromatic N) is 3. The number of methoxy groups -OCH3 is 1. The molecule has 0 spiro atoms. The van der Waals surface area contributed by atoms with Gasteiger partial charge < -0.3 is 24.8 Å². The molecule has 2 aromatic carbocycles. The van der Waals surface area contributed by atoms with Gasteiger partial charge in [0, 0.05) is 11.9 Å². The first-order chi connectivity index (χ1) is 19.7. The van der Waals surface area contributed by atoms with Gasteiger partial charge in [0.2, 0.25) is 0 Å². The van der Waals surface area contributed by atoms with Gasteiger partial charge in [0.15, 0.2) is 18.1 Å². The maximum atomic E-state index is 12.8. The van der Waals surface area contributed by atoms with Crippen LogP contribution >= 0.6 is 0 Å². The summed E-state index contributed by atoms with van der Waals surface area (Å²) in [6.45, 7) is 4.79. The number of carbonyl (C=O) groups is 4. The summed E-state index contributed by atoms with van der Waals surface area (Å²) in [7, 11) is 1.42. The number of esters is 1. The molecule has 0 fully saturated rings. The molecule has 214 valence electrons. The van der Waals surface area contributed by atoms with Crippen LogP contribution in [-0.4, -0.2) is 56.1 Å². The van der Waals surface area contributed by atoms with Crippen LogP contribution in [0.3, 0.4) is 0 Å². The van der Waals surface area contributed by atoms with Crippen LogP contribution in [0.5, 0.6) is 11.5 Å². The Bertz CT molecular complexity index is 1440. The molecule has 0 radical (unpaired) electrons. The summed E-state index contributed by atoms with van der Waals surface area (Å²) in [4.78, 5) is 49.8. The molecule has 13 nitrogen and oxygen atoms in total. The standard InChI is InChI=1S/C28H30N6O7/c1-5-40-27(37)24-17(3)30-28(38)31-25(24)18-11-12-21(22(13-18)39-4)41-15-23(35)32-29-14-20-16(2)33-34(26(20)36)19-9-7-6-8-10-19/h6-14,20,25H,5,15H2,1-4H3,(H,32,35)(H2,30,31,38)/b29-14-/t20-,25-/m1/s1. The topological polar surface area (TPSA) is 160 Å². The number of allylic oxidation sites excluding steroid dienone is 1. The summed E-state index contributed by atoms with van der Waals surface area (Å²) in [5.74, 6) is -1.60. The molecule has 4 rings (SSSR count). The van der Waals surface area contributed by atoms with Crippen LogP contribution in [0, 0.1) is 5.92 Å². The monoisotopic (exact) mass is 562 g/mol. The fraction of sp³-hybridized carbons (Fsp3) is 0.286. The van der Waals surface area contributed by atoms with Crippen molar-refractivity contribution in [1.82, 2.24) is 16.1 Å². The Morgan fingerprint density at radius 3 is 2.59 bits per heavy atom. The number of anilines is 1. The van der Waals surface area contributed by atoms with E-state index < -0.39 is 36.5 Å². The normalized spacial score (nSPS) is 18.5. The van der Waals surface area contributed by atoms with Gasteiger partial charge in [-0.05, 0) is 50.6 Å². The van der Waals surface area contributed by atoms with E-state index in [1.54, 1.807) is 51.1 Å². The van der Waals surface area contributed by atoms with E-state index >= 15 is 0 Å². The number of urea groups is 1. The van der Waals surface area contributed by atoms with Crippen molar-refractivity contribution in [1.29, 1.82) is 0 Å². The van der Waals surface area contributed by atoms with Crippen LogP contribution in [0.4, 0.5) is 10.5 Å². The highest BCUT2D eigenvalue weighted by Crippen LogP contribution is 2.34. The first kappa shape index (κ1) is 28.8. The number of hydrogen-bond donors (Lipinski definition) is 3. The molecule has 41 heavy (non-hydrogen) atoms. The number of amides is 4. The minimum Gasteiger partial charge on any atom is -0.493 e. The highest BCUT2D eigenvalue weighted by Gasteiger charge is 2.34. The third-order valence-electron chi connectivity index (χ3n) is 6.24. The van der Waals surface area contributed by atoms with E-state index in [4.69, 9.17) is 14.2 Å². The fourth-order valence-corrected chi connectivity index (χ4v) is 4.27. The van der Waals surface area contributed by atoms with Crippen molar-refractivity contribution in [2.45, 2.75) is 26.8 Å². The van der Waals surface area contributed by atoms with Gasteiger partial charge in [0.1, 0.15) is 5.92 Å². The molecular formula is C28H30N6O7. The van der Waals surface area contributed by atoms with E-state index in [1.807, 2.05) is 18.2 Å². The lowest BCUT2D eigenvalue weighted by atomic mass is 9.95. The SMILES string of the molecule is CCOC(=O)C1=C(C)NC(=O)N[C@@H]1c1ccc(OCC(=O)N/N=C\[C@H]2C(=O)N(c3ccccc3)N=C2C)c(OC)c1. The highest BCUT2D eigenvalue weighted by molar-refractivity contribution is 6.23. The highest BCUT2D eigenvalue weighted by atomic mass is 16.5. The summed E-state index contributed by atoms with van der Waals surface area (Å²) in [5.41, 5.74) is 4.70. The van der Waals surface area contributed by atoms with Crippen LogP contribution in [-0.2, 0) is 19.1 Å². The van der Waals surface area contributed by atoms with Crippen LogP contribution in [0.15, 0.2) is 70.0 Å². The molecule has 0 bridgehead atoms. The van der Waals surface area contributed by atoms with Crippen molar-refractivity contribution in [3.63, 3.8) is 0 Å². The van der Waals surface area contributed by atoms with Gasteiger partial charge in [0.25, 0.3) is 11.8 Å². The fourth-order valence-electron chi connectivity index (χ4n) is 4.27. The molecule has 2 aliphatic heterocycles. The lowest BCUT2D eigenvalue weighted by Gasteiger charge is -2.28. The quantitative estimate of drug-likeness (QED) is 0.228. The zero-order valence-corrected chi connectivity index (χ0v) is 23.0. The van der Waals surface area contributed by atoms with Gasteiger partial charge in [-0.2, -0.15) is 15.2 Å². The van der Waals surface area contributed by atoms with Crippen LogP contribution < -0.4 is 30.5 Å². The number of ether oxygens (including phenoxy) is 3. The predicted molar refractivity (Wildman–Crippen MR) is 149 cm³/mol. The zero-order valence-electron chi connectivity index (χ0n) is 23.0. The van der Waals surface area contributed by atoms with Crippen molar-refractivity contribution in [3.8, 4) is 11.5 Å². The zero-order chi connectivity index (χ0) is 29.5. The summed E-state index contributed by atoms with van der Waals surface area (Å²) in [6.07, 6.45) is 1.32. The van der Waals surface area contributed by atoms with Gasteiger partial charge >= 0.3 is 12.0 Å². The van der Waals surface area contributed by atoms with Crippen molar-refractivity contribution in [2.75, 3.05) is 25.3 Å². The van der Waals surface area contributed by atoms with Crippen molar-refractivity contribution in [3.05, 3.63) is 65.4 Å². The van der Waals surface area contributed by atoms with Crippen LogP contribution in [0.2, 0.25) is 0 Å². The van der Waals surface area contributed by atoms with E-state index in [-0.39, 0.29) is 29.6 Å². The van der Waals surface area contributed by atoms with Crippen molar-refractivity contribution in [2.24, 2.45) is 16.1 Å². The number of hydrazone groups is 2. The third kappa shape index (κ3) is 6.52. The van der Waals surface area contributed by atoms with E-state index in [9.17, 15) is 19.2 Å². The van der Waals surface area contributed by atoms with Gasteiger partial charge in [-0.3, -0.25) is 9.59 Å². The summed E-state index contributed by atoms with van der Waals surface area (Å²) < 4.78 is 16.2. The lowest BCUT2D eigenvalue weighted by molar-refractivity contribution is -0.139. The lowest BCUT2D eigenvalue weighted by Crippen LogP contribution is -2.45. The summed E-state index contributed by atoms with van der Waals surface area (Å²) >= 11 is 0. The Labute approximate surface area is 236 Å². The van der Waals surface area contributed by atoms with Gasteiger partial charge in [-0.1, -0.05) is 24.3 Å². The largest absolute Gasteiger partial charge is 0.493 e. The van der Waals surface area contributed by atoms with E-state index in [1.165, 1.54) is 18.3 Å². The Kier molecular flexibility index (Phi) is 8.97. The second-order valence-electron chi connectivity index (χ2n) is 9.01. The van der Waals surface area contributed by atoms with E-state index in [0.717, 1.165) is 0 Å². The number of para-hydroxylation sites is 1. The molecule has 2 aromatic rings. The summed E-state index contributed by atoms with van der Waals surface area (Å²) in [6, 6.07) is 12.5. The number of carbonyl (C=O) groups excluding carboxylic acids is 4. The molecule has 0 aromatic heterocycles. The molecule has 4 amide bonds. The van der Waals surface area contributed by atoms with E-state index in [2.05, 4.69) is 26.3 Å². The Hall–Kier alpha value is -5.20. The molecule has 3 N–H and O–H groups in total. The van der Waals surface area contributed by atoms with Crippen molar-refractivity contribution < 1.29 is 33.4 Å². The third-order valence-corrected chi connectivity index (χ3v) is 6.24. The Morgan fingerprint density at radius 2 is 1.88 bits per heavy atom. The first-order valence-corrected chi connectivity index (χ1v) is 12.8. The molecular weight excluding hydrogens is 532 g/mol.